The van der Waals surface area contributed by atoms with Gasteiger partial charge in [0.05, 0.1) is 0 Å². The van der Waals surface area contributed by atoms with Gasteiger partial charge in [-0.3, -0.25) is 0 Å². The van der Waals surface area contributed by atoms with Crippen LogP contribution in [0.15, 0.2) is 36.4 Å². The molecule has 13 aromatic rings. The lowest BCUT2D eigenvalue weighted by atomic mass is 9.70. The molecule has 0 heterocycles. The van der Waals surface area contributed by atoms with Crippen LogP contribution in [0.1, 0.15) is 66.8 Å². The standard InChI is InChI=1S/C54H42/c1-19-13-20(2)33-34-23(5)15-25(7)37-38-27(9)17-28(10)40-42-30(12)18-29(11)41-39-26(8)16-24(6)36-35-22(4)14-21(3)32-31(19)43(33)49-50(44(32)35)52(46(36)39)54(48(41)42)53(47(38)40)51(49)45(34)37/h13-18H,1-12H3. The Hall–Kier alpha value is -5.46. The summed E-state index contributed by atoms with van der Waals surface area (Å²) >= 11 is 0. The molecule has 0 heteroatoms. The summed E-state index contributed by atoms with van der Waals surface area (Å²) in [6.07, 6.45) is 0. The maximum absolute atomic E-state index is 2.50. The second-order valence-corrected chi connectivity index (χ2v) is 18.1. The van der Waals surface area contributed by atoms with Crippen molar-refractivity contribution in [3.05, 3.63) is 103 Å². The molecule has 13 aromatic carbocycles. The zero-order valence-corrected chi connectivity index (χ0v) is 33.5. The molecular weight excluding hydrogens is 649 g/mol. The molecule has 0 aliphatic heterocycles. The number of fused-ring (bicyclic) bond motifs is 6. The molecular formula is C54H42. The minimum Gasteiger partial charge on any atom is -0.0551 e. The molecule has 0 fully saturated rings. The van der Waals surface area contributed by atoms with Crippen molar-refractivity contribution in [2.24, 2.45) is 0 Å². The van der Waals surface area contributed by atoms with E-state index >= 15 is 0 Å². The topological polar surface area (TPSA) is 0 Å². The third-order valence-corrected chi connectivity index (χ3v) is 14.8. The van der Waals surface area contributed by atoms with E-state index in [1.807, 2.05) is 0 Å². The van der Waals surface area contributed by atoms with Gasteiger partial charge in [0.2, 0.25) is 0 Å². The van der Waals surface area contributed by atoms with Crippen molar-refractivity contribution < 1.29 is 0 Å². The molecule has 0 spiro atoms. The Labute approximate surface area is 314 Å². The molecule has 0 aliphatic carbocycles. The van der Waals surface area contributed by atoms with Gasteiger partial charge in [0, 0.05) is 0 Å². The Morgan fingerprint density at radius 2 is 0.204 bits per heavy atom. The monoisotopic (exact) mass is 690 g/mol. The van der Waals surface area contributed by atoms with Crippen LogP contribution in [0.3, 0.4) is 0 Å². The van der Waals surface area contributed by atoms with Gasteiger partial charge in [-0.05, 0) is 279 Å². The van der Waals surface area contributed by atoms with Crippen LogP contribution in [-0.2, 0) is 0 Å². The van der Waals surface area contributed by atoms with Crippen LogP contribution >= 0.6 is 0 Å². The second kappa shape index (κ2) is 8.74. The maximum atomic E-state index is 2.50. The minimum atomic E-state index is 1.40. The van der Waals surface area contributed by atoms with Gasteiger partial charge in [-0.15, -0.1) is 0 Å². The molecule has 0 unspecified atom stereocenters. The predicted molar refractivity (Wildman–Crippen MR) is 240 cm³/mol. The first-order valence-corrected chi connectivity index (χ1v) is 20.0. The lowest BCUT2D eigenvalue weighted by Crippen LogP contribution is -2.05. The summed E-state index contributed by atoms with van der Waals surface area (Å²) in [5.74, 6) is 0. The fourth-order valence-electron chi connectivity index (χ4n) is 13.5. The summed E-state index contributed by atoms with van der Waals surface area (Å²) in [7, 11) is 0. The van der Waals surface area contributed by atoms with Crippen molar-refractivity contribution in [3.63, 3.8) is 0 Å². The van der Waals surface area contributed by atoms with E-state index in [0.717, 1.165) is 0 Å². The molecule has 13 rings (SSSR count). The minimum absolute atomic E-state index is 1.40. The van der Waals surface area contributed by atoms with E-state index in [4.69, 9.17) is 0 Å². The fourth-order valence-corrected chi connectivity index (χ4v) is 13.5. The third kappa shape index (κ3) is 2.77. The summed E-state index contributed by atoms with van der Waals surface area (Å²) in [5, 5.41) is 35.6. The average molecular weight is 691 g/mol. The Morgan fingerprint density at radius 3 is 0.296 bits per heavy atom. The summed E-state index contributed by atoms with van der Waals surface area (Å²) < 4.78 is 0. The summed E-state index contributed by atoms with van der Waals surface area (Å²) in [4.78, 5) is 0. The zero-order chi connectivity index (χ0) is 37.0. The predicted octanol–water partition coefficient (Wildman–Crippen LogP) is 15.9. The molecule has 0 aromatic heterocycles. The molecule has 0 radical (unpaired) electrons. The number of rotatable bonds is 0. The van der Waals surface area contributed by atoms with E-state index in [2.05, 4.69) is 119 Å². The van der Waals surface area contributed by atoms with Gasteiger partial charge in [-0.2, -0.15) is 0 Å². The lowest BCUT2D eigenvalue weighted by Gasteiger charge is -2.33. The van der Waals surface area contributed by atoms with E-state index in [1.165, 1.54) is 196 Å². The van der Waals surface area contributed by atoms with Crippen LogP contribution in [0, 0.1) is 83.1 Å². The zero-order valence-electron chi connectivity index (χ0n) is 33.5. The molecule has 0 nitrogen and oxygen atoms in total. The molecule has 0 saturated carbocycles. The van der Waals surface area contributed by atoms with E-state index in [0.29, 0.717) is 0 Å². The molecule has 258 valence electrons. The van der Waals surface area contributed by atoms with Gasteiger partial charge >= 0.3 is 0 Å². The molecule has 0 bridgehead atoms. The van der Waals surface area contributed by atoms with E-state index in [9.17, 15) is 0 Å². The van der Waals surface area contributed by atoms with Gasteiger partial charge in [0.1, 0.15) is 0 Å². The first-order valence-electron chi connectivity index (χ1n) is 20.0. The van der Waals surface area contributed by atoms with Crippen molar-refractivity contribution in [2.75, 3.05) is 0 Å². The van der Waals surface area contributed by atoms with Gasteiger partial charge in [-0.25, -0.2) is 0 Å². The Balaban J connectivity index is 1.65. The van der Waals surface area contributed by atoms with Gasteiger partial charge in [-0.1, -0.05) is 36.4 Å². The molecule has 0 atom stereocenters. The number of aryl methyl sites for hydroxylation is 12. The highest BCUT2D eigenvalue weighted by Gasteiger charge is 2.35. The Morgan fingerprint density at radius 1 is 0.130 bits per heavy atom. The van der Waals surface area contributed by atoms with Crippen molar-refractivity contribution >= 4 is 129 Å². The van der Waals surface area contributed by atoms with E-state index in [1.54, 1.807) is 0 Å². The highest BCUT2D eigenvalue weighted by atomic mass is 14.4. The molecule has 0 saturated heterocycles. The quantitative estimate of drug-likeness (QED) is 0.110. The van der Waals surface area contributed by atoms with Crippen molar-refractivity contribution in [1.29, 1.82) is 0 Å². The molecule has 0 aliphatic rings. The van der Waals surface area contributed by atoms with Crippen LogP contribution < -0.4 is 0 Å². The first-order chi connectivity index (χ1) is 25.8. The number of hydrogen-bond acceptors (Lipinski definition) is 0. The van der Waals surface area contributed by atoms with E-state index in [-0.39, 0.29) is 0 Å². The van der Waals surface area contributed by atoms with Crippen LogP contribution in [0.25, 0.3) is 129 Å². The largest absolute Gasteiger partial charge is 0.0551 e. The normalized spacial score (nSPS) is 13.6. The summed E-state index contributed by atoms with van der Waals surface area (Å²) in [6, 6.07) is 15.0. The Bertz CT molecular complexity index is 3040. The highest BCUT2D eigenvalue weighted by molar-refractivity contribution is 6.62. The van der Waals surface area contributed by atoms with Crippen molar-refractivity contribution in [1.82, 2.24) is 0 Å². The molecule has 0 amide bonds. The SMILES string of the molecule is Cc1cc(C)c2c3c(C)cc(C)c4c5c(C)cc(C)c6c7c(C)cc(C)c8c9c(C)cc(C)c%10c%11c(C)cc(C)c%12c1c2c1c(c%12%11)c(c%109)c(c87)c(c56)c1c34. The van der Waals surface area contributed by atoms with Gasteiger partial charge in [0.15, 0.2) is 0 Å². The van der Waals surface area contributed by atoms with Crippen LogP contribution in [-0.4, -0.2) is 0 Å². The lowest BCUT2D eigenvalue weighted by molar-refractivity contribution is 1.43. The van der Waals surface area contributed by atoms with Gasteiger partial charge < -0.3 is 0 Å². The van der Waals surface area contributed by atoms with Gasteiger partial charge in [0.25, 0.3) is 0 Å². The van der Waals surface area contributed by atoms with Crippen LogP contribution in [0.4, 0.5) is 0 Å². The fraction of sp³-hybridized carbons (Fsp3) is 0.222. The second-order valence-electron chi connectivity index (χ2n) is 18.1. The number of hydrogen-bond donors (Lipinski definition) is 0. The number of benzene rings is 13. The molecule has 0 N–H and O–H groups in total. The smallest absolute Gasteiger partial charge is 0.0000264 e. The van der Waals surface area contributed by atoms with E-state index < -0.39 is 0 Å². The Kier molecular flexibility index (Phi) is 4.84. The van der Waals surface area contributed by atoms with Crippen molar-refractivity contribution in [3.8, 4) is 0 Å². The van der Waals surface area contributed by atoms with Crippen LogP contribution in [0.2, 0.25) is 0 Å². The third-order valence-electron chi connectivity index (χ3n) is 14.8. The average Bonchev–Trinajstić information content (AvgIpc) is 3.10. The molecule has 54 heavy (non-hydrogen) atoms. The van der Waals surface area contributed by atoms with Crippen LogP contribution in [0.5, 0.6) is 0 Å². The maximum Gasteiger partial charge on any atom is -0.0000264 e. The highest BCUT2D eigenvalue weighted by Crippen LogP contribution is 2.63. The summed E-state index contributed by atoms with van der Waals surface area (Å²) in [6.45, 7) is 28.6. The first kappa shape index (κ1) is 29.9. The van der Waals surface area contributed by atoms with Crippen molar-refractivity contribution in [2.45, 2.75) is 83.1 Å². The summed E-state index contributed by atoms with van der Waals surface area (Å²) in [5.41, 5.74) is 16.8.